The van der Waals surface area contributed by atoms with Gasteiger partial charge >= 0.3 is 0 Å². The van der Waals surface area contributed by atoms with Gasteiger partial charge in [-0.3, -0.25) is 0 Å². The van der Waals surface area contributed by atoms with Gasteiger partial charge in [0.15, 0.2) is 5.82 Å². The van der Waals surface area contributed by atoms with Crippen molar-refractivity contribution in [3.05, 3.63) is 34.9 Å². The molecule has 0 spiro atoms. The molecule has 16 heavy (non-hydrogen) atoms. The maximum absolute atomic E-state index is 5.99. The van der Waals surface area contributed by atoms with Crippen molar-refractivity contribution in [1.29, 1.82) is 0 Å². The van der Waals surface area contributed by atoms with Crippen LogP contribution in [0.4, 0.5) is 11.4 Å². The summed E-state index contributed by atoms with van der Waals surface area (Å²) < 4.78 is 4.96. The lowest BCUT2D eigenvalue weighted by atomic mass is 10.2. The van der Waals surface area contributed by atoms with Gasteiger partial charge in [0.2, 0.25) is 5.89 Å². The van der Waals surface area contributed by atoms with Gasteiger partial charge in [0.25, 0.3) is 0 Å². The van der Waals surface area contributed by atoms with Crippen molar-refractivity contribution in [2.24, 2.45) is 0 Å². The first kappa shape index (κ1) is 10.8. The van der Waals surface area contributed by atoms with Crippen molar-refractivity contribution in [1.82, 2.24) is 10.1 Å². The summed E-state index contributed by atoms with van der Waals surface area (Å²) in [5, 5.41) is 7.31. The van der Waals surface area contributed by atoms with Crippen LogP contribution in [0, 0.1) is 6.92 Å². The van der Waals surface area contributed by atoms with Gasteiger partial charge < -0.3 is 15.6 Å². The third kappa shape index (κ3) is 2.25. The van der Waals surface area contributed by atoms with Crippen LogP contribution >= 0.6 is 11.6 Å². The summed E-state index contributed by atoms with van der Waals surface area (Å²) in [6.07, 6.45) is 0. The number of rotatable bonds is 3. The molecule has 0 saturated heterocycles. The standard InChI is InChI=1S/C10H11ClN4O/c1-6-14-9(16-15-6)5-13-10-7(11)3-2-4-8(10)12/h2-4,13H,5,12H2,1H3. The number of aromatic nitrogens is 2. The molecule has 1 aromatic carbocycles. The molecule has 0 fully saturated rings. The molecule has 0 atom stereocenters. The van der Waals surface area contributed by atoms with Gasteiger partial charge in [-0.25, -0.2) is 0 Å². The Balaban J connectivity index is 2.10. The Labute approximate surface area is 97.6 Å². The van der Waals surface area contributed by atoms with Crippen LogP contribution in [0.2, 0.25) is 5.02 Å². The minimum atomic E-state index is 0.398. The number of anilines is 2. The molecule has 5 nitrogen and oxygen atoms in total. The number of nitrogens with one attached hydrogen (secondary N) is 1. The molecule has 0 unspecified atom stereocenters. The van der Waals surface area contributed by atoms with Gasteiger partial charge in [0.1, 0.15) is 0 Å². The maximum Gasteiger partial charge on any atom is 0.245 e. The Hall–Kier alpha value is -1.75. The Bertz CT molecular complexity index is 477. The fourth-order valence-electron chi connectivity index (χ4n) is 1.30. The summed E-state index contributed by atoms with van der Waals surface area (Å²) in [6, 6.07) is 5.33. The smallest absolute Gasteiger partial charge is 0.245 e. The van der Waals surface area contributed by atoms with E-state index in [1.807, 2.05) is 0 Å². The second kappa shape index (κ2) is 4.40. The largest absolute Gasteiger partial charge is 0.397 e. The van der Waals surface area contributed by atoms with Crippen LogP contribution in [0.3, 0.4) is 0 Å². The summed E-state index contributed by atoms with van der Waals surface area (Å²) in [7, 11) is 0. The fourth-order valence-corrected chi connectivity index (χ4v) is 1.55. The third-order valence-corrected chi connectivity index (χ3v) is 2.35. The Morgan fingerprint density at radius 3 is 2.94 bits per heavy atom. The van der Waals surface area contributed by atoms with Crippen LogP contribution in [0.25, 0.3) is 0 Å². The van der Waals surface area contributed by atoms with Gasteiger partial charge in [-0.2, -0.15) is 4.98 Å². The second-order valence-electron chi connectivity index (χ2n) is 3.29. The van der Waals surface area contributed by atoms with E-state index in [1.165, 1.54) is 0 Å². The summed E-state index contributed by atoms with van der Waals surface area (Å²) in [4.78, 5) is 4.06. The van der Waals surface area contributed by atoms with Gasteiger partial charge in [-0.05, 0) is 19.1 Å². The molecule has 0 radical (unpaired) electrons. The second-order valence-corrected chi connectivity index (χ2v) is 3.70. The van der Waals surface area contributed by atoms with Crippen LogP contribution in [0.15, 0.2) is 22.7 Å². The zero-order chi connectivity index (χ0) is 11.5. The van der Waals surface area contributed by atoms with E-state index in [4.69, 9.17) is 21.9 Å². The molecule has 2 aromatic rings. The van der Waals surface area contributed by atoms with Crippen molar-refractivity contribution in [3.63, 3.8) is 0 Å². The third-order valence-electron chi connectivity index (χ3n) is 2.03. The number of nitrogen functional groups attached to an aromatic ring is 1. The van der Waals surface area contributed by atoms with E-state index < -0.39 is 0 Å². The van der Waals surface area contributed by atoms with E-state index in [1.54, 1.807) is 25.1 Å². The Morgan fingerprint density at radius 2 is 2.31 bits per heavy atom. The highest BCUT2D eigenvalue weighted by molar-refractivity contribution is 6.33. The van der Waals surface area contributed by atoms with E-state index in [0.29, 0.717) is 34.7 Å². The number of hydrogen-bond donors (Lipinski definition) is 2. The van der Waals surface area contributed by atoms with Gasteiger partial charge in [-0.15, -0.1) is 0 Å². The summed E-state index contributed by atoms with van der Waals surface area (Å²) in [5.41, 5.74) is 7.04. The molecule has 2 rings (SSSR count). The maximum atomic E-state index is 5.99. The Morgan fingerprint density at radius 1 is 1.50 bits per heavy atom. The molecular weight excluding hydrogens is 228 g/mol. The highest BCUT2D eigenvalue weighted by Gasteiger charge is 2.06. The van der Waals surface area contributed by atoms with Gasteiger partial charge in [-0.1, -0.05) is 22.8 Å². The number of nitrogens with two attached hydrogens (primary N) is 1. The number of para-hydroxylation sites is 1. The number of benzene rings is 1. The van der Waals surface area contributed by atoms with Crippen LogP contribution in [0.1, 0.15) is 11.7 Å². The predicted molar refractivity (Wildman–Crippen MR) is 62.2 cm³/mol. The lowest BCUT2D eigenvalue weighted by molar-refractivity contribution is 0.379. The normalized spacial score (nSPS) is 10.4. The number of halogens is 1. The number of nitrogens with zero attached hydrogens (tertiary/aromatic N) is 2. The highest BCUT2D eigenvalue weighted by Crippen LogP contribution is 2.27. The van der Waals surface area contributed by atoms with Crippen LogP contribution in [-0.2, 0) is 6.54 Å². The molecule has 0 aliphatic rings. The quantitative estimate of drug-likeness (QED) is 0.802. The van der Waals surface area contributed by atoms with Gasteiger partial charge in [0, 0.05) is 0 Å². The predicted octanol–water partition coefficient (Wildman–Crippen LogP) is 2.23. The average Bonchev–Trinajstić information content (AvgIpc) is 2.63. The lowest BCUT2D eigenvalue weighted by Crippen LogP contribution is -2.03. The lowest BCUT2D eigenvalue weighted by Gasteiger charge is -2.08. The minimum absolute atomic E-state index is 0.398. The molecule has 84 valence electrons. The molecule has 3 N–H and O–H groups in total. The molecular formula is C10H11ClN4O. The number of aryl methyl sites for hydroxylation is 1. The minimum Gasteiger partial charge on any atom is -0.397 e. The molecule has 0 aliphatic heterocycles. The SMILES string of the molecule is Cc1noc(CNc2c(N)cccc2Cl)n1. The van der Waals surface area contributed by atoms with E-state index in [2.05, 4.69) is 15.5 Å². The van der Waals surface area contributed by atoms with Crippen molar-refractivity contribution < 1.29 is 4.52 Å². The van der Waals surface area contributed by atoms with E-state index in [0.717, 1.165) is 0 Å². The van der Waals surface area contributed by atoms with Crippen molar-refractivity contribution in [2.75, 3.05) is 11.1 Å². The first-order chi connectivity index (χ1) is 7.66. The molecule has 0 saturated carbocycles. The summed E-state index contributed by atoms with van der Waals surface area (Å²) >= 11 is 5.99. The van der Waals surface area contributed by atoms with E-state index >= 15 is 0 Å². The van der Waals surface area contributed by atoms with Crippen molar-refractivity contribution in [3.8, 4) is 0 Å². The molecule has 1 heterocycles. The van der Waals surface area contributed by atoms with Crippen molar-refractivity contribution in [2.45, 2.75) is 13.5 Å². The molecule has 6 heteroatoms. The van der Waals surface area contributed by atoms with E-state index in [9.17, 15) is 0 Å². The van der Waals surface area contributed by atoms with E-state index in [-0.39, 0.29) is 0 Å². The number of hydrogen-bond acceptors (Lipinski definition) is 5. The highest BCUT2D eigenvalue weighted by atomic mass is 35.5. The zero-order valence-electron chi connectivity index (χ0n) is 8.70. The van der Waals surface area contributed by atoms with Crippen molar-refractivity contribution >= 4 is 23.0 Å². The summed E-state index contributed by atoms with van der Waals surface area (Å²) in [6.45, 7) is 2.16. The zero-order valence-corrected chi connectivity index (χ0v) is 9.45. The van der Waals surface area contributed by atoms with Crippen LogP contribution in [-0.4, -0.2) is 10.1 Å². The first-order valence-corrected chi connectivity index (χ1v) is 5.11. The monoisotopic (exact) mass is 238 g/mol. The molecule has 0 bridgehead atoms. The average molecular weight is 239 g/mol. The Kier molecular flexibility index (Phi) is 2.96. The molecule has 0 amide bonds. The summed E-state index contributed by atoms with van der Waals surface area (Å²) in [5.74, 6) is 1.10. The fraction of sp³-hybridized carbons (Fsp3) is 0.200. The van der Waals surface area contributed by atoms with Crippen LogP contribution in [0.5, 0.6) is 0 Å². The molecule has 0 aliphatic carbocycles. The van der Waals surface area contributed by atoms with Crippen LogP contribution < -0.4 is 11.1 Å². The van der Waals surface area contributed by atoms with Gasteiger partial charge in [0.05, 0.1) is 22.9 Å². The first-order valence-electron chi connectivity index (χ1n) is 4.74. The molecule has 1 aromatic heterocycles. The topological polar surface area (TPSA) is 77.0 Å².